The zero-order valence-electron chi connectivity index (χ0n) is 12.5. The summed E-state index contributed by atoms with van der Waals surface area (Å²) >= 11 is 0. The molecule has 2 heterocycles. The van der Waals surface area contributed by atoms with Gasteiger partial charge < -0.3 is 9.72 Å². The van der Waals surface area contributed by atoms with Gasteiger partial charge in [-0.25, -0.2) is 4.98 Å². The van der Waals surface area contributed by atoms with Gasteiger partial charge in [-0.3, -0.25) is 4.90 Å². The third-order valence-corrected chi connectivity index (χ3v) is 4.74. The largest absolute Gasteiger partial charge is 0.496 e. The number of benzene rings is 1. The van der Waals surface area contributed by atoms with E-state index in [1.165, 1.54) is 47.3 Å². The molecule has 0 saturated carbocycles. The number of methoxy groups -OCH3 is 1. The fourth-order valence-electron chi connectivity index (χ4n) is 3.61. The van der Waals surface area contributed by atoms with Crippen LogP contribution in [-0.2, 0) is 32.4 Å². The van der Waals surface area contributed by atoms with E-state index < -0.39 is 0 Å². The molecule has 0 spiro atoms. The van der Waals surface area contributed by atoms with Gasteiger partial charge in [-0.1, -0.05) is 6.07 Å². The lowest BCUT2D eigenvalue weighted by Gasteiger charge is -2.27. The van der Waals surface area contributed by atoms with E-state index in [2.05, 4.69) is 27.0 Å². The highest BCUT2D eigenvalue weighted by Gasteiger charge is 2.21. The summed E-state index contributed by atoms with van der Waals surface area (Å²) in [5.41, 5.74) is 6.81. The average Bonchev–Trinajstić information content (AvgIpc) is 3.13. The summed E-state index contributed by atoms with van der Waals surface area (Å²) in [5, 5.41) is 0. The molecule has 0 fully saturated rings. The second-order valence-electron chi connectivity index (χ2n) is 6.07. The van der Waals surface area contributed by atoms with Crippen molar-refractivity contribution in [2.75, 3.05) is 13.7 Å². The molecular weight excluding hydrogens is 262 g/mol. The van der Waals surface area contributed by atoms with E-state index in [4.69, 9.17) is 4.74 Å². The summed E-state index contributed by atoms with van der Waals surface area (Å²) in [5.74, 6) is 1.05. The molecule has 1 N–H and O–H groups in total. The van der Waals surface area contributed by atoms with Gasteiger partial charge in [0, 0.05) is 31.6 Å². The van der Waals surface area contributed by atoms with Crippen molar-refractivity contribution in [3.05, 3.63) is 46.5 Å². The number of ether oxygens (including phenoxy) is 1. The van der Waals surface area contributed by atoms with Crippen molar-refractivity contribution in [2.45, 2.75) is 38.8 Å². The number of aromatic nitrogens is 2. The van der Waals surface area contributed by atoms with Crippen LogP contribution in [0.5, 0.6) is 5.75 Å². The number of hydrogen-bond donors (Lipinski definition) is 1. The minimum atomic E-state index is 0.953. The Hall–Kier alpha value is -1.81. The monoisotopic (exact) mass is 283 g/mol. The lowest BCUT2D eigenvalue weighted by atomic mass is 10.0. The minimum absolute atomic E-state index is 0.953. The van der Waals surface area contributed by atoms with Crippen molar-refractivity contribution in [3.63, 3.8) is 0 Å². The highest BCUT2D eigenvalue weighted by atomic mass is 16.5. The minimum Gasteiger partial charge on any atom is -0.496 e. The van der Waals surface area contributed by atoms with Gasteiger partial charge in [0.15, 0.2) is 0 Å². The molecule has 0 bridgehead atoms. The Kier molecular flexibility index (Phi) is 3.19. The molecule has 4 rings (SSSR count). The molecule has 1 aliphatic carbocycles. The van der Waals surface area contributed by atoms with Crippen LogP contribution in [0.15, 0.2) is 18.5 Å². The van der Waals surface area contributed by atoms with Gasteiger partial charge in [-0.15, -0.1) is 0 Å². The second-order valence-corrected chi connectivity index (χ2v) is 6.07. The predicted molar refractivity (Wildman–Crippen MR) is 81.4 cm³/mol. The van der Waals surface area contributed by atoms with Crippen LogP contribution < -0.4 is 4.74 Å². The van der Waals surface area contributed by atoms with E-state index in [1.54, 1.807) is 7.11 Å². The van der Waals surface area contributed by atoms with Crippen LogP contribution in [0.1, 0.15) is 34.5 Å². The number of nitrogens with one attached hydrogen (secondary N) is 1. The molecule has 1 aromatic carbocycles. The quantitative estimate of drug-likeness (QED) is 0.941. The molecule has 0 saturated heterocycles. The maximum Gasteiger partial charge on any atom is 0.123 e. The van der Waals surface area contributed by atoms with E-state index >= 15 is 0 Å². The molecule has 4 heteroatoms. The molecule has 0 radical (unpaired) electrons. The third kappa shape index (κ3) is 2.33. The number of hydrogen-bond acceptors (Lipinski definition) is 3. The predicted octanol–water partition coefficient (Wildman–Crippen LogP) is 2.47. The summed E-state index contributed by atoms with van der Waals surface area (Å²) in [6.07, 6.45) is 6.55. The smallest absolute Gasteiger partial charge is 0.123 e. The zero-order valence-corrected chi connectivity index (χ0v) is 12.5. The highest BCUT2D eigenvalue weighted by Crippen LogP contribution is 2.31. The molecular formula is C17H21N3O. The van der Waals surface area contributed by atoms with Crippen LogP contribution >= 0.6 is 0 Å². The van der Waals surface area contributed by atoms with Crippen LogP contribution in [0.2, 0.25) is 0 Å². The van der Waals surface area contributed by atoms with Crippen molar-refractivity contribution in [2.24, 2.45) is 0 Å². The first-order chi connectivity index (χ1) is 10.3. The van der Waals surface area contributed by atoms with Gasteiger partial charge in [0.2, 0.25) is 0 Å². The van der Waals surface area contributed by atoms with Crippen molar-refractivity contribution < 1.29 is 4.74 Å². The molecule has 2 aliphatic rings. The highest BCUT2D eigenvalue weighted by molar-refractivity contribution is 5.44. The molecule has 2 aromatic rings. The summed E-state index contributed by atoms with van der Waals surface area (Å²) in [6, 6.07) is 4.62. The summed E-state index contributed by atoms with van der Waals surface area (Å²) in [7, 11) is 1.78. The van der Waals surface area contributed by atoms with Crippen molar-refractivity contribution in [1.82, 2.24) is 14.9 Å². The topological polar surface area (TPSA) is 41.1 Å². The summed E-state index contributed by atoms with van der Waals surface area (Å²) in [6.45, 7) is 2.97. The van der Waals surface area contributed by atoms with Crippen LogP contribution in [-0.4, -0.2) is 28.5 Å². The number of H-pyrrole nitrogens is 1. The van der Waals surface area contributed by atoms with E-state index in [9.17, 15) is 0 Å². The standard InChI is InChI=1S/C17H21N3O/c1-21-17-8-13-4-2-3-12(13)7-14(17)9-20-6-5-15-16(10-20)19-11-18-15/h7-8,11H,2-6,9-10H2,1H3,(H,18,19). The first-order valence-electron chi connectivity index (χ1n) is 7.75. The number of aromatic amines is 1. The Bertz CT molecular complexity index is 662. The van der Waals surface area contributed by atoms with E-state index in [-0.39, 0.29) is 0 Å². The zero-order chi connectivity index (χ0) is 14.2. The van der Waals surface area contributed by atoms with Crippen molar-refractivity contribution in [3.8, 4) is 5.75 Å². The van der Waals surface area contributed by atoms with E-state index in [1.807, 2.05) is 6.33 Å². The lowest BCUT2D eigenvalue weighted by molar-refractivity contribution is 0.238. The molecule has 1 aliphatic heterocycles. The normalized spacial score (nSPS) is 17.6. The second kappa shape index (κ2) is 5.19. The maximum atomic E-state index is 5.62. The van der Waals surface area contributed by atoms with Crippen molar-refractivity contribution in [1.29, 1.82) is 0 Å². The van der Waals surface area contributed by atoms with Gasteiger partial charge in [0.05, 0.1) is 24.8 Å². The Morgan fingerprint density at radius 3 is 2.95 bits per heavy atom. The van der Waals surface area contributed by atoms with Gasteiger partial charge >= 0.3 is 0 Å². The van der Waals surface area contributed by atoms with Gasteiger partial charge in [0.25, 0.3) is 0 Å². The SMILES string of the molecule is COc1cc2c(cc1CN1CCc3nc[nH]c3C1)CCC2. The maximum absolute atomic E-state index is 5.62. The fraction of sp³-hybridized carbons (Fsp3) is 0.471. The lowest BCUT2D eigenvalue weighted by Crippen LogP contribution is -2.30. The van der Waals surface area contributed by atoms with Crippen LogP contribution in [0, 0.1) is 0 Å². The van der Waals surface area contributed by atoms with Crippen LogP contribution in [0.3, 0.4) is 0 Å². The Morgan fingerprint density at radius 2 is 2.10 bits per heavy atom. The Balaban J connectivity index is 1.57. The molecule has 110 valence electrons. The average molecular weight is 283 g/mol. The third-order valence-electron chi connectivity index (χ3n) is 4.74. The number of imidazole rings is 1. The molecule has 1 aromatic heterocycles. The first-order valence-corrected chi connectivity index (χ1v) is 7.75. The molecule has 21 heavy (non-hydrogen) atoms. The van der Waals surface area contributed by atoms with Crippen LogP contribution in [0.25, 0.3) is 0 Å². The Labute approximate surface area is 125 Å². The molecule has 0 amide bonds. The fourth-order valence-corrected chi connectivity index (χ4v) is 3.61. The van der Waals surface area contributed by atoms with Gasteiger partial charge in [0.1, 0.15) is 5.75 Å². The molecule has 4 nitrogen and oxygen atoms in total. The first kappa shape index (κ1) is 12.9. The number of aryl methyl sites for hydroxylation is 2. The van der Waals surface area contributed by atoms with Crippen molar-refractivity contribution >= 4 is 0 Å². The summed E-state index contributed by atoms with van der Waals surface area (Å²) < 4.78 is 5.62. The van der Waals surface area contributed by atoms with Gasteiger partial charge in [-0.2, -0.15) is 0 Å². The van der Waals surface area contributed by atoms with E-state index in [0.717, 1.165) is 31.8 Å². The molecule has 0 unspecified atom stereocenters. The van der Waals surface area contributed by atoms with E-state index in [0.29, 0.717) is 0 Å². The number of fused-ring (bicyclic) bond motifs is 2. The van der Waals surface area contributed by atoms with Crippen LogP contribution in [0.4, 0.5) is 0 Å². The number of nitrogens with zero attached hydrogens (tertiary/aromatic N) is 2. The number of rotatable bonds is 3. The summed E-state index contributed by atoms with van der Waals surface area (Å²) in [4.78, 5) is 10.1. The molecule has 0 atom stereocenters. The van der Waals surface area contributed by atoms with Gasteiger partial charge in [-0.05, 0) is 36.5 Å². The Morgan fingerprint density at radius 1 is 1.24 bits per heavy atom.